The van der Waals surface area contributed by atoms with Crippen molar-refractivity contribution >= 4 is 0 Å². The van der Waals surface area contributed by atoms with Gasteiger partial charge in [-0.2, -0.15) is 4.98 Å². The summed E-state index contributed by atoms with van der Waals surface area (Å²) in [6.07, 6.45) is 0. The Balaban J connectivity index is 2.05. The van der Waals surface area contributed by atoms with Crippen molar-refractivity contribution in [1.82, 2.24) is 10.1 Å². The number of aromatic nitrogens is 2. The van der Waals surface area contributed by atoms with Crippen LogP contribution in [0.25, 0.3) is 22.8 Å². The smallest absolute Gasteiger partial charge is 0.258 e. The zero-order valence-electron chi connectivity index (χ0n) is 10.4. The first-order valence-electron chi connectivity index (χ1n) is 5.94. The van der Waals surface area contributed by atoms with Crippen molar-refractivity contribution in [2.75, 3.05) is 0 Å². The summed E-state index contributed by atoms with van der Waals surface area (Å²) in [7, 11) is 0. The molecule has 0 bridgehead atoms. The molecule has 1 heterocycles. The van der Waals surface area contributed by atoms with Crippen LogP contribution in [-0.2, 0) is 0 Å². The van der Waals surface area contributed by atoms with Crippen molar-refractivity contribution in [3.8, 4) is 28.6 Å². The minimum absolute atomic E-state index is 0.219. The van der Waals surface area contributed by atoms with E-state index in [4.69, 9.17) is 4.52 Å². The molecule has 1 N–H and O–H groups in total. The van der Waals surface area contributed by atoms with Crippen LogP contribution in [0.2, 0.25) is 0 Å². The Labute approximate surface area is 110 Å². The molecule has 0 aliphatic carbocycles. The van der Waals surface area contributed by atoms with Crippen LogP contribution in [-0.4, -0.2) is 15.2 Å². The molecule has 0 radical (unpaired) electrons. The van der Waals surface area contributed by atoms with Gasteiger partial charge in [0, 0.05) is 16.7 Å². The van der Waals surface area contributed by atoms with Crippen molar-refractivity contribution in [3.05, 3.63) is 54.1 Å². The van der Waals surface area contributed by atoms with Crippen LogP contribution < -0.4 is 0 Å². The molecule has 19 heavy (non-hydrogen) atoms. The van der Waals surface area contributed by atoms with E-state index in [1.807, 2.05) is 43.3 Å². The summed E-state index contributed by atoms with van der Waals surface area (Å²) in [6, 6.07) is 14.8. The van der Waals surface area contributed by atoms with Crippen LogP contribution in [0.3, 0.4) is 0 Å². The Morgan fingerprint density at radius 1 is 1.00 bits per heavy atom. The summed E-state index contributed by atoms with van der Waals surface area (Å²) in [5.41, 5.74) is 2.37. The Morgan fingerprint density at radius 3 is 2.58 bits per heavy atom. The second kappa shape index (κ2) is 4.57. The minimum atomic E-state index is 0.219. The Morgan fingerprint density at radius 2 is 1.79 bits per heavy atom. The average molecular weight is 252 g/mol. The van der Waals surface area contributed by atoms with Gasteiger partial charge in [-0.15, -0.1) is 0 Å². The molecule has 3 aromatic rings. The summed E-state index contributed by atoms with van der Waals surface area (Å²) in [4.78, 5) is 4.36. The van der Waals surface area contributed by atoms with Gasteiger partial charge in [-0.1, -0.05) is 41.6 Å². The maximum absolute atomic E-state index is 9.70. The molecule has 1 aromatic heterocycles. The molecule has 94 valence electrons. The van der Waals surface area contributed by atoms with E-state index in [-0.39, 0.29) is 5.75 Å². The molecule has 0 atom stereocenters. The van der Waals surface area contributed by atoms with Gasteiger partial charge in [0.05, 0.1) is 0 Å². The average Bonchev–Trinajstić information content (AvgIpc) is 2.92. The van der Waals surface area contributed by atoms with Gasteiger partial charge in [-0.05, 0) is 19.1 Å². The molecular formula is C15H12N2O2. The van der Waals surface area contributed by atoms with Crippen LogP contribution >= 0.6 is 0 Å². The lowest BCUT2D eigenvalue weighted by Crippen LogP contribution is -1.84. The predicted octanol–water partition coefficient (Wildman–Crippen LogP) is 3.42. The molecule has 0 saturated carbocycles. The molecule has 0 aliphatic rings. The number of hydrogen-bond acceptors (Lipinski definition) is 4. The molecule has 0 aliphatic heterocycles. The molecule has 2 aromatic carbocycles. The van der Waals surface area contributed by atoms with Crippen LogP contribution in [0.5, 0.6) is 5.75 Å². The van der Waals surface area contributed by atoms with Gasteiger partial charge >= 0.3 is 0 Å². The minimum Gasteiger partial charge on any atom is -0.508 e. The van der Waals surface area contributed by atoms with E-state index in [9.17, 15) is 5.11 Å². The third-order valence-corrected chi connectivity index (χ3v) is 2.99. The quantitative estimate of drug-likeness (QED) is 0.759. The molecule has 0 fully saturated rings. The number of rotatable bonds is 2. The van der Waals surface area contributed by atoms with Gasteiger partial charge < -0.3 is 9.63 Å². The van der Waals surface area contributed by atoms with Crippen LogP contribution in [0.4, 0.5) is 0 Å². The molecule has 3 rings (SSSR count). The van der Waals surface area contributed by atoms with E-state index in [1.165, 1.54) is 0 Å². The topological polar surface area (TPSA) is 59.2 Å². The second-order valence-corrected chi connectivity index (χ2v) is 4.24. The first-order chi connectivity index (χ1) is 9.25. The second-order valence-electron chi connectivity index (χ2n) is 4.24. The maximum Gasteiger partial charge on any atom is 0.258 e. The molecule has 4 heteroatoms. The third-order valence-electron chi connectivity index (χ3n) is 2.99. The van der Waals surface area contributed by atoms with Gasteiger partial charge in [0.2, 0.25) is 5.82 Å². The Kier molecular flexibility index (Phi) is 2.76. The lowest BCUT2D eigenvalue weighted by atomic mass is 10.1. The highest BCUT2D eigenvalue weighted by Gasteiger charge is 2.13. The summed E-state index contributed by atoms with van der Waals surface area (Å²) in [5, 5.41) is 13.7. The van der Waals surface area contributed by atoms with Gasteiger partial charge in [0.25, 0.3) is 5.89 Å². The summed E-state index contributed by atoms with van der Waals surface area (Å²) in [6.45, 7) is 1.82. The Bertz CT molecular complexity index is 705. The molecule has 4 nitrogen and oxygen atoms in total. The lowest BCUT2D eigenvalue weighted by molar-refractivity contribution is 0.431. The fourth-order valence-electron chi connectivity index (χ4n) is 1.89. The summed E-state index contributed by atoms with van der Waals surface area (Å²) >= 11 is 0. The first kappa shape index (κ1) is 11.5. The molecule has 0 amide bonds. The SMILES string of the molecule is Cc1c(O)cccc1-c1nc(-c2ccccc2)no1. The van der Waals surface area contributed by atoms with Gasteiger partial charge in [0.1, 0.15) is 5.75 Å². The van der Waals surface area contributed by atoms with Crippen molar-refractivity contribution in [2.45, 2.75) is 6.92 Å². The molecule has 0 unspecified atom stereocenters. The predicted molar refractivity (Wildman–Crippen MR) is 71.6 cm³/mol. The third kappa shape index (κ3) is 2.08. The highest BCUT2D eigenvalue weighted by Crippen LogP contribution is 2.29. The lowest BCUT2D eigenvalue weighted by Gasteiger charge is -2.01. The van der Waals surface area contributed by atoms with Crippen molar-refractivity contribution < 1.29 is 9.63 Å². The molecular weight excluding hydrogens is 240 g/mol. The molecule has 0 saturated heterocycles. The number of aromatic hydroxyl groups is 1. The van der Waals surface area contributed by atoms with Crippen LogP contribution in [0.1, 0.15) is 5.56 Å². The van der Waals surface area contributed by atoms with E-state index >= 15 is 0 Å². The normalized spacial score (nSPS) is 10.6. The monoisotopic (exact) mass is 252 g/mol. The van der Waals surface area contributed by atoms with Crippen molar-refractivity contribution in [1.29, 1.82) is 0 Å². The largest absolute Gasteiger partial charge is 0.508 e. The van der Waals surface area contributed by atoms with Crippen molar-refractivity contribution in [3.63, 3.8) is 0 Å². The fourth-order valence-corrected chi connectivity index (χ4v) is 1.89. The Hall–Kier alpha value is -2.62. The number of phenolic OH excluding ortho intramolecular Hbond substituents is 1. The zero-order chi connectivity index (χ0) is 13.2. The van der Waals surface area contributed by atoms with Crippen LogP contribution in [0.15, 0.2) is 53.1 Å². The van der Waals surface area contributed by atoms with E-state index in [1.54, 1.807) is 12.1 Å². The first-order valence-corrected chi connectivity index (χ1v) is 5.94. The van der Waals surface area contributed by atoms with E-state index in [0.29, 0.717) is 11.7 Å². The fraction of sp³-hybridized carbons (Fsp3) is 0.0667. The highest BCUT2D eigenvalue weighted by molar-refractivity contribution is 5.64. The van der Waals surface area contributed by atoms with Gasteiger partial charge in [-0.25, -0.2) is 0 Å². The van der Waals surface area contributed by atoms with Crippen molar-refractivity contribution in [2.24, 2.45) is 0 Å². The summed E-state index contributed by atoms with van der Waals surface area (Å²) in [5.74, 6) is 1.17. The highest BCUT2D eigenvalue weighted by atomic mass is 16.5. The van der Waals surface area contributed by atoms with Crippen LogP contribution in [0, 0.1) is 6.92 Å². The zero-order valence-corrected chi connectivity index (χ0v) is 10.4. The van der Waals surface area contributed by atoms with E-state index in [2.05, 4.69) is 10.1 Å². The number of nitrogens with zero attached hydrogens (tertiary/aromatic N) is 2. The van der Waals surface area contributed by atoms with E-state index in [0.717, 1.165) is 16.7 Å². The number of phenols is 1. The number of benzene rings is 2. The molecule has 0 spiro atoms. The maximum atomic E-state index is 9.70. The standard InChI is InChI=1S/C15H12N2O2/c1-10-12(8-5-9-13(10)18)15-16-14(17-19-15)11-6-3-2-4-7-11/h2-9,18H,1H3. The summed E-state index contributed by atoms with van der Waals surface area (Å²) < 4.78 is 5.27. The van der Waals surface area contributed by atoms with E-state index < -0.39 is 0 Å². The number of hydrogen-bond donors (Lipinski definition) is 1. The van der Waals surface area contributed by atoms with Gasteiger partial charge in [0.15, 0.2) is 0 Å². The van der Waals surface area contributed by atoms with Gasteiger partial charge in [-0.3, -0.25) is 0 Å².